The van der Waals surface area contributed by atoms with Crippen LogP contribution in [0, 0.1) is 5.82 Å². The van der Waals surface area contributed by atoms with Crippen LogP contribution >= 0.6 is 0 Å². The van der Waals surface area contributed by atoms with Gasteiger partial charge in [0.05, 0.1) is 17.1 Å². The molecule has 0 heterocycles. The molecular weight excluding hydrogens is 337 g/mol. The molecule has 0 saturated carbocycles. The number of anilines is 1. The molecule has 0 aromatic heterocycles. The largest absolute Gasteiger partial charge is 0.368 e. The summed E-state index contributed by atoms with van der Waals surface area (Å²) in [7, 11) is -4.00. The van der Waals surface area contributed by atoms with Crippen LogP contribution in [0.2, 0.25) is 0 Å². The Labute approximate surface area is 137 Å². The Balaban J connectivity index is 2.16. The monoisotopic (exact) mass is 351 g/mol. The maximum absolute atomic E-state index is 13.5. The van der Waals surface area contributed by atoms with Crippen LogP contribution in [0.1, 0.15) is 10.4 Å². The average Bonchev–Trinajstić information content (AvgIpc) is 2.54. The maximum Gasteiger partial charge on any atom is 0.261 e. The van der Waals surface area contributed by atoms with Crippen LogP contribution in [-0.2, 0) is 14.8 Å². The van der Waals surface area contributed by atoms with E-state index in [4.69, 9.17) is 5.73 Å². The Morgan fingerprint density at radius 1 is 1.04 bits per heavy atom. The molecule has 2 aromatic rings. The topological polar surface area (TPSA) is 118 Å². The van der Waals surface area contributed by atoms with Gasteiger partial charge in [-0.25, -0.2) is 12.8 Å². The lowest BCUT2D eigenvalue weighted by molar-refractivity contribution is -0.117. The highest BCUT2D eigenvalue weighted by Crippen LogP contribution is 2.19. The Morgan fingerprint density at radius 3 is 2.25 bits per heavy atom. The molecule has 9 heteroatoms. The van der Waals surface area contributed by atoms with Gasteiger partial charge in [-0.1, -0.05) is 12.1 Å². The summed E-state index contributed by atoms with van der Waals surface area (Å²) in [6.45, 7) is -0.326. The summed E-state index contributed by atoms with van der Waals surface area (Å²) >= 11 is 0. The first-order valence-electron chi connectivity index (χ1n) is 6.73. The van der Waals surface area contributed by atoms with E-state index >= 15 is 0 Å². The molecule has 2 amide bonds. The molecule has 0 radical (unpaired) electrons. The van der Waals surface area contributed by atoms with E-state index in [1.54, 1.807) is 0 Å². The zero-order valence-electron chi connectivity index (χ0n) is 12.3. The number of hydrogen-bond acceptors (Lipinski definition) is 4. The summed E-state index contributed by atoms with van der Waals surface area (Å²) in [6.07, 6.45) is 0. The lowest BCUT2D eigenvalue weighted by Crippen LogP contribution is -2.33. The van der Waals surface area contributed by atoms with Gasteiger partial charge in [-0.3, -0.25) is 14.3 Å². The van der Waals surface area contributed by atoms with E-state index in [0.29, 0.717) is 0 Å². The normalized spacial score (nSPS) is 10.9. The number of primary amides is 1. The molecule has 0 saturated heterocycles. The van der Waals surface area contributed by atoms with E-state index in [1.165, 1.54) is 42.5 Å². The van der Waals surface area contributed by atoms with E-state index in [9.17, 15) is 22.4 Å². The lowest BCUT2D eigenvalue weighted by atomic mass is 10.2. The Bertz CT molecular complexity index is 867. The zero-order chi connectivity index (χ0) is 17.7. The second-order valence-electron chi connectivity index (χ2n) is 4.76. The standard InChI is InChI=1S/C15H14FN3O4S/c16-12-3-1-2-4-13(12)19-24(22,23)11-7-5-10(6-8-11)15(21)18-9-14(17)20/h1-8,19H,9H2,(H2,17,20)(H,18,21). The molecule has 24 heavy (non-hydrogen) atoms. The number of para-hydroxylation sites is 1. The Morgan fingerprint density at radius 2 is 1.67 bits per heavy atom. The minimum absolute atomic E-state index is 0.141. The van der Waals surface area contributed by atoms with Crippen molar-refractivity contribution in [2.75, 3.05) is 11.3 Å². The van der Waals surface area contributed by atoms with Gasteiger partial charge in [0.25, 0.3) is 15.9 Å². The predicted molar refractivity (Wildman–Crippen MR) is 85.2 cm³/mol. The number of hydrogen-bond donors (Lipinski definition) is 3. The second kappa shape index (κ2) is 7.09. The fourth-order valence-electron chi connectivity index (χ4n) is 1.80. The summed E-state index contributed by atoms with van der Waals surface area (Å²) in [4.78, 5) is 22.2. The zero-order valence-corrected chi connectivity index (χ0v) is 13.1. The van der Waals surface area contributed by atoms with Gasteiger partial charge in [-0.05, 0) is 36.4 Å². The molecule has 0 unspecified atom stereocenters. The smallest absolute Gasteiger partial charge is 0.261 e. The van der Waals surface area contributed by atoms with Crippen molar-refractivity contribution in [3.63, 3.8) is 0 Å². The summed E-state index contributed by atoms with van der Waals surface area (Å²) < 4.78 is 40.1. The Kier molecular flexibility index (Phi) is 5.14. The van der Waals surface area contributed by atoms with Crippen LogP contribution in [0.25, 0.3) is 0 Å². The van der Waals surface area contributed by atoms with E-state index in [0.717, 1.165) is 6.07 Å². The number of benzene rings is 2. The van der Waals surface area contributed by atoms with Crippen LogP contribution in [0.4, 0.5) is 10.1 Å². The average molecular weight is 351 g/mol. The molecule has 2 aromatic carbocycles. The van der Waals surface area contributed by atoms with Crippen molar-refractivity contribution in [1.82, 2.24) is 5.32 Å². The van der Waals surface area contributed by atoms with E-state index in [-0.39, 0.29) is 22.7 Å². The molecule has 0 aliphatic heterocycles. The van der Waals surface area contributed by atoms with Gasteiger partial charge in [0.15, 0.2) is 0 Å². The van der Waals surface area contributed by atoms with Gasteiger partial charge in [0, 0.05) is 5.56 Å². The quantitative estimate of drug-likeness (QED) is 0.714. The molecule has 7 nitrogen and oxygen atoms in total. The summed E-state index contributed by atoms with van der Waals surface area (Å²) in [6, 6.07) is 10.3. The van der Waals surface area contributed by atoms with Crippen molar-refractivity contribution in [3.8, 4) is 0 Å². The number of sulfonamides is 1. The van der Waals surface area contributed by atoms with Gasteiger partial charge < -0.3 is 11.1 Å². The van der Waals surface area contributed by atoms with Crippen molar-refractivity contribution in [1.29, 1.82) is 0 Å². The molecule has 0 spiro atoms. The number of nitrogens with two attached hydrogens (primary N) is 1. The fourth-order valence-corrected chi connectivity index (χ4v) is 2.87. The van der Waals surface area contributed by atoms with Crippen molar-refractivity contribution in [2.45, 2.75) is 4.90 Å². The second-order valence-corrected chi connectivity index (χ2v) is 6.44. The highest BCUT2D eigenvalue weighted by Gasteiger charge is 2.17. The molecule has 0 aliphatic rings. The highest BCUT2D eigenvalue weighted by molar-refractivity contribution is 7.92. The van der Waals surface area contributed by atoms with Crippen LogP contribution < -0.4 is 15.8 Å². The summed E-state index contributed by atoms with van der Waals surface area (Å²) in [5, 5.41) is 2.28. The molecule has 2 rings (SSSR count). The third-order valence-corrected chi connectivity index (χ3v) is 4.35. The van der Waals surface area contributed by atoms with Gasteiger partial charge >= 0.3 is 0 Å². The van der Waals surface area contributed by atoms with E-state index < -0.39 is 27.7 Å². The van der Waals surface area contributed by atoms with Gasteiger partial charge in [-0.15, -0.1) is 0 Å². The lowest BCUT2D eigenvalue weighted by Gasteiger charge is -2.09. The molecule has 0 atom stereocenters. The molecule has 4 N–H and O–H groups in total. The van der Waals surface area contributed by atoms with Gasteiger partial charge in [0.1, 0.15) is 5.82 Å². The molecule has 126 valence electrons. The molecule has 0 aliphatic carbocycles. The first-order chi connectivity index (χ1) is 11.3. The van der Waals surface area contributed by atoms with Crippen molar-refractivity contribution < 1.29 is 22.4 Å². The van der Waals surface area contributed by atoms with E-state index in [1.807, 2.05) is 0 Å². The van der Waals surface area contributed by atoms with Crippen LogP contribution in [0.5, 0.6) is 0 Å². The summed E-state index contributed by atoms with van der Waals surface area (Å²) in [5.41, 5.74) is 4.89. The first kappa shape index (κ1) is 17.4. The van der Waals surface area contributed by atoms with Crippen molar-refractivity contribution in [3.05, 3.63) is 59.9 Å². The number of halogens is 1. The predicted octanol–water partition coefficient (Wildman–Crippen LogP) is 0.842. The minimum Gasteiger partial charge on any atom is -0.368 e. The highest BCUT2D eigenvalue weighted by atomic mass is 32.2. The third-order valence-electron chi connectivity index (χ3n) is 2.97. The number of rotatable bonds is 6. The van der Waals surface area contributed by atoms with Crippen LogP contribution in [0.3, 0.4) is 0 Å². The third kappa shape index (κ3) is 4.29. The van der Waals surface area contributed by atoms with Crippen molar-refractivity contribution >= 4 is 27.5 Å². The number of carbonyl (C=O) groups excluding carboxylic acids is 2. The Hall–Kier alpha value is -2.94. The fraction of sp³-hybridized carbons (Fsp3) is 0.0667. The number of nitrogens with one attached hydrogen (secondary N) is 2. The molecular formula is C15H14FN3O4S. The van der Waals surface area contributed by atoms with Gasteiger partial charge in [-0.2, -0.15) is 0 Å². The molecule has 0 fully saturated rings. The van der Waals surface area contributed by atoms with Crippen molar-refractivity contribution in [2.24, 2.45) is 5.73 Å². The minimum atomic E-state index is -4.00. The van der Waals surface area contributed by atoms with E-state index in [2.05, 4.69) is 10.0 Å². The SMILES string of the molecule is NC(=O)CNC(=O)c1ccc(S(=O)(=O)Nc2ccccc2F)cc1. The summed E-state index contributed by atoms with van der Waals surface area (Å²) in [5.74, 6) is -1.97. The number of carbonyl (C=O) groups is 2. The van der Waals surface area contributed by atoms with Gasteiger partial charge in [0.2, 0.25) is 5.91 Å². The molecule has 0 bridgehead atoms. The maximum atomic E-state index is 13.5. The van der Waals surface area contributed by atoms with Crippen LogP contribution in [0.15, 0.2) is 53.4 Å². The van der Waals surface area contributed by atoms with Crippen LogP contribution in [-0.4, -0.2) is 26.8 Å². The number of amides is 2. The first-order valence-corrected chi connectivity index (χ1v) is 8.22.